The SMILES string of the molecule is Cc1cccc(-c2sc(C3CCN(S(=O)(=O)c4ccc([N+](=O)[O-])cc4)CC3)nc2C)c1. The Morgan fingerprint density at radius 3 is 2.39 bits per heavy atom. The van der Waals surface area contributed by atoms with Crippen molar-refractivity contribution >= 4 is 27.0 Å². The number of non-ortho nitro benzene ring substituents is 1. The van der Waals surface area contributed by atoms with Crippen LogP contribution in [0.15, 0.2) is 53.4 Å². The molecule has 1 aliphatic heterocycles. The van der Waals surface area contributed by atoms with E-state index in [9.17, 15) is 18.5 Å². The number of rotatable bonds is 5. The number of sulfonamides is 1. The lowest BCUT2D eigenvalue weighted by Crippen LogP contribution is -2.37. The molecule has 1 aliphatic rings. The first-order valence-corrected chi connectivity index (χ1v) is 12.3. The van der Waals surface area contributed by atoms with Crippen LogP contribution >= 0.6 is 11.3 Å². The maximum Gasteiger partial charge on any atom is 0.269 e. The first-order valence-electron chi connectivity index (χ1n) is 10.0. The van der Waals surface area contributed by atoms with E-state index in [0.29, 0.717) is 25.9 Å². The minimum absolute atomic E-state index is 0.0865. The molecule has 0 N–H and O–H groups in total. The van der Waals surface area contributed by atoms with Crippen molar-refractivity contribution in [2.24, 2.45) is 0 Å². The fraction of sp³-hybridized carbons (Fsp3) is 0.318. The molecule has 2 heterocycles. The molecule has 162 valence electrons. The zero-order chi connectivity index (χ0) is 22.2. The fourth-order valence-electron chi connectivity index (χ4n) is 3.88. The molecule has 0 aliphatic carbocycles. The minimum Gasteiger partial charge on any atom is -0.258 e. The number of benzene rings is 2. The molecule has 0 unspecified atom stereocenters. The van der Waals surface area contributed by atoms with Crippen molar-refractivity contribution in [1.82, 2.24) is 9.29 Å². The summed E-state index contributed by atoms with van der Waals surface area (Å²) in [5, 5.41) is 11.9. The van der Waals surface area contributed by atoms with Gasteiger partial charge in [0.2, 0.25) is 10.0 Å². The number of hydrogen-bond donors (Lipinski definition) is 0. The average molecular weight is 458 g/mol. The first-order chi connectivity index (χ1) is 14.8. The van der Waals surface area contributed by atoms with Gasteiger partial charge in [0, 0.05) is 31.1 Å². The molecule has 0 radical (unpaired) electrons. The van der Waals surface area contributed by atoms with Crippen LogP contribution in [0, 0.1) is 24.0 Å². The number of aromatic nitrogens is 1. The van der Waals surface area contributed by atoms with E-state index < -0.39 is 14.9 Å². The summed E-state index contributed by atoms with van der Waals surface area (Å²) in [7, 11) is -3.67. The van der Waals surface area contributed by atoms with Gasteiger partial charge in [-0.1, -0.05) is 29.8 Å². The second kappa shape index (κ2) is 8.49. The van der Waals surface area contributed by atoms with E-state index in [0.717, 1.165) is 10.7 Å². The Hall–Kier alpha value is -2.62. The van der Waals surface area contributed by atoms with Gasteiger partial charge in [-0.3, -0.25) is 10.1 Å². The maximum atomic E-state index is 12.9. The van der Waals surface area contributed by atoms with E-state index in [1.54, 1.807) is 11.3 Å². The number of piperidine rings is 1. The van der Waals surface area contributed by atoms with Gasteiger partial charge in [-0.2, -0.15) is 4.31 Å². The number of hydrogen-bond acceptors (Lipinski definition) is 6. The third-order valence-corrected chi connectivity index (χ3v) is 8.86. The quantitative estimate of drug-likeness (QED) is 0.401. The molecule has 0 bridgehead atoms. The molecule has 2 aromatic carbocycles. The Bertz CT molecular complexity index is 1210. The maximum absolute atomic E-state index is 12.9. The molecule has 1 aromatic heterocycles. The van der Waals surface area contributed by atoms with E-state index in [4.69, 9.17) is 4.98 Å². The zero-order valence-corrected chi connectivity index (χ0v) is 18.9. The van der Waals surface area contributed by atoms with Crippen LogP contribution in [0.3, 0.4) is 0 Å². The van der Waals surface area contributed by atoms with Crippen LogP contribution in [0.2, 0.25) is 0 Å². The zero-order valence-electron chi connectivity index (χ0n) is 17.3. The lowest BCUT2D eigenvalue weighted by atomic mass is 9.99. The minimum atomic E-state index is -3.67. The van der Waals surface area contributed by atoms with Gasteiger partial charge in [0.15, 0.2) is 0 Å². The first kappa shape index (κ1) is 21.6. The highest BCUT2D eigenvalue weighted by atomic mass is 32.2. The predicted molar refractivity (Wildman–Crippen MR) is 121 cm³/mol. The summed E-state index contributed by atoms with van der Waals surface area (Å²) in [4.78, 5) is 16.3. The number of nitrogens with zero attached hydrogens (tertiary/aromatic N) is 3. The molecular formula is C22H23N3O4S2. The summed E-state index contributed by atoms with van der Waals surface area (Å²) < 4.78 is 27.3. The monoisotopic (exact) mass is 457 g/mol. The molecule has 0 spiro atoms. The van der Waals surface area contributed by atoms with Gasteiger partial charge in [0.05, 0.1) is 25.4 Å². The van der Waals surface area contributed by atoms with E-state index in [1.165, 1.54) is 44.6 Å². The van der Waals surface area contributed by atoms with Crippen molar-refractivity contribution in [2.45, 2.75) is 37.5 Å². The fourth-order valence-corrected chi connectivity index (χ4v) is 6.58. The third kappa shape index (κ3) is 4.39. The van der Waals surface area contributed by atoms with Crippen molar-refractivity contribution in [3.63, 3.8) is 0 Å². The molecule has 0 atom stereocenters. The Morgan fingerprint density at radius 1 is 1.10 bits per heavy atom. The molecule has 1 saturated heterocycles. The average Bonchev–Trinajstić information content (AvgIpc) is 3.15. The summed E-state index contributed by atoms with van der Waals surface area (Å²) >= 11 is 1.69. The van der Waals surface area contributed by atoms with Crippen molar-refractivity contribution in [1.29, 1.82) is 0 Å². The van der Waals surface area contributed by atoms with Gasteiger partial charge in [-0.25, -0.2) is 13.4 Å². The third-order valence-electron chi connectivity index (χ3n) is 5.58. The van der Waals surface area contributed by atoms with Crippen LogP contribution in [-0.4, -0.2) is 35.7 Å². The lowest BCUT2D eigenvalue weighted by molar-refractivity contribution is -0.384. The van der Waals surface area contributed by atoms with Crippen molar-refractivity contribution in [3.8, 4) is 10.4 Å². The number of nitro benzene ring substituents is 1. The van der Waals surface area contributed by atoms with Gasteiger partial charge in [0.25, 0.3) is 5.69 Å². The number of nitro groups is 1. The normalized spacial score (nSPS) is 15.8. The van der Waals surface area contributed by atoms with E-state index in [-0.39, 0.29) is 16.5 Å². The van der Waals surface area contributed by atoms with E-state index in [2.05, 4.69) is 25.1 Å². The van der Waals surface area contributed by atoms with Crippen LogP contribution in [-0.2, 0) is 10.0 Å². The summed E-state index contributed by atoms with van der Waals surface area (Å²) in [5.41, 5.74) is 3.25. The Kier molecular flexibility index (Phi) is 5.92. The Balaban J connectivity index is 1.47. The highest BCUT2D eigenvalue weighted by molar-refractivity contribution is 7.89. The second-order valence-corrected chi connectivity index (χ2v) is 10.7. The molecule has 3 aromatic rings. The van der Waals surface area contributed by atoms with Crippen molar-refractivity contribution in [3.05, 3.63) is 74.9 Å². The van der Waals surface area contributed by atoms with Crippen LogP contribution < -0.4 is 0 Å². The topological polar surface area (TPSA) is 93.4 Å². The summed E-state index contributed by atoms with van der Waals surface area (Å²) in [6.07, 6.45) is 1.40. The molecule has 9 heteroatoms. The Labute approximate surface area is 185 Å². The molecule has 1 fully saturated rings. The molecule has 0 saturated carbocycles. The van der Waals surface area contributed by atoms with E-state index in [1.807, 2.05) is 13.0 Å². The standard InChI is InChI=1S/C22H23N3O4S2/c1-15-4-3-5-18(14-15)21-16(2)23-22(30-21)17-10-12-24(13-11-17)31(28,29)20-8-6-19(7-9-20)25(26)27/h3-9,14,17H,10-13H2,1-2H3. The number of aryl methyl sites for hydroxylation is 2. The highest BCUT2D eigenvalue weighted by Crippen LogP contribution is 2.38. The van der Waals surface area contributed by atoms with Crippen LogP contribution in [0.1, 0.15) is 35.0 Å². The molecule has 0 amide bonds. The van der Waals surface area contributed by atoms with Crippen molar-refractivity contribution < 1.29 is 13.3 Å². The van der Waals surface area contributed by atoms with Crippen LogP contribution in [0.25, 0.3) is 10.4 Å². The van der Waals surface area contributed by atoms with Gasteiger partial charge in [0.1, 0.15) is 0 Å². The smallest absolute Gasteiger partial charge is 0.258 e. The summed E-state index contributed by atoms with van der Waals surface area (Å²) in [5.74, 6) is 0.227. The lowest BCUT2D eigenvalue weighted by Gasteiger charge is -2.30. The van der Waals surface area contributed by atoms with Gasteiger partial charge >= 0.3 is 0 Å². The van der Waals surface area contributed by atoms with E-state index >= 15 is 0 Å². The number of thiazole rings is 1. The molecular weight excluding hydrogens is 434 g/mol. The molecule has 7 nitrogen and oxygen atoms in total. The van der Waals surface area contributed by atoms with Gasteiger partial charge in [-0.05, 0) is 44.4 Å². The predicted octanol–water partition coefficient (Wildman–Crippen LogP) is 4.90. The summed E-state index contributed by atoms with van der Waals surface area (Å²) in [6, 6.07) is 13.4. The summed E-state index contributed by atoms with van der Waals surface area (Å²) in [6.45, 7) is 4.90. The largest absolute Gasteiger partial charge is 0.269 e. The van der Waals surface area contributed by atoms with Crippen LogP contribution in [0.4, 0.5) is 5.69 Å². The van der Waals surface area contributed by atoms with Crippen molar-refractivity contribution in [2.75, 3.05) is 13.1 Å². The van der Waals surface area contributed by atoms with Gasteiger partial charge < -0.3 is 0 Å². The Morgan fingerprint density at radius 2 is 1.77 bits per heavy atom. The van der Waals surface area contributed by atoms with Gasteiger partial charge in [-0.15, -0.1) is 11.3 Å². The van der Waals surface area contributed by atoms with Crippen LogP contribution in [0.5, 0.6) is 0 Å². The molecule has 31 heavy (non-hydrogen) atoms. The molecule has 4 rings (SSSR count). The highest BCUT2D eigenvalue weighted by Gasteiger charge is 2.31. The second-order valence-electron chi connectivity index (χ2n) is 7.77.